The molecule has 172 valence electrons. The van der Waals surface area contributed by atoms with Crippen LogP contribution in [0.3, 0.4) is 0 Å². The number of ether oxygens (including phenoxy) is 2. The number of nitrogens with zero attached hydrogens (tertiary/aromatic N) is 2. The molecule has 0 saturated carbocycles. The number of hydrogen-bond acceptors (Lipinski definition) is 5. The number of carbonyl (C=O) groups excluding carboxylic acids is 2. The molecule has 1 aliphatic heterocycles. The lowest BCUT2D eigenvalue weighted by molar-refractivity contribution is -0.118. The van der Waals surface area contributed by atoms with E-state index in [-0.39, 0.29) is 31.1 Å². The fourth-order valence-corrected chi connectivity index (χ4v) is 3.93. The highest BCUT2D eigenvalue weighted by atomic mass is 16.5. The van der Waals surface area contributed by atoms with Crippen LogP contribution in [0.25, 0.3) is 5.65 Å². The van der Waals surface area contributed by atoms with E-state index >= 15 is 0 Å². The highest BCUT2D eigenvalue weighted by Crippen LogP contribution is 2.31. The minimum atomic E-state index is -0.300. The van der Waals surface area contributed by atoms with Crippen LogP contribution in [0.5, 0.6) is 11.5 Å². The van der Waals surface area contributed by atoms with E-state index in [0.717, 1.165) is 22.5 Å². The Morgan fingerprint density at radius 3 is 2.94 bits per heavy atom. The Morgan fingerprint density at radius 1 is 1.24 bits per heavy atom. The maximum Gasteiger partial charge on any atom is 0.262 e. The van der Waals surface area contributed by atoms with Gasteiger partial charge in [0, 0.05) is 12.4 Å². The van der Waals surface area contributed by atoms with Gasteiger partial charge in [-0.25, -0.2) is 4.98 Å². The van der Waals surface area contributed by atoms with Crippen LogP contribution in [0.2, 0.25) is 0 Å². The second-order valence-corrected chi connectivity index (χ2v) is 8.23. The third-order valence-corrected chi connectivity index (χ3v) is 5.72. The topological polar surface area (TPSA) is 94.0 Å². The van der Waals surface area contributed by atoms with Crippen molar-refractivity contribution in [2.75, 3.05) is 11.9 Å². The van der Waals surface area contributed by atoms with E-state index in [0.29, 0.717) is 22.7 Å². The molecule has 4 aromatic rings. The largest absolute Gasteiger partial charge is 0.486 e. The number of pyridine rings is 1. The molecule has 2 N–H and O–H groups in total. The first kappa shape index (κ1) is 21.5. The summed E-state index contributed by atoms with van der Waals surface area (Å²) in [5.74, 6) is 0.634. The number of fused-ring (bicyclic) bond motifs is 2. The van der Waals surface area contributed by atoms with Crippen molar-refractivity contribution in [2.24, 2.45) is 0 Å². The van der Waals surface area contributed by atoms with Crippen molar-refractivity contribution in [1.29, 1.82) is 0 Å². The molecule has 0 aliphatic carbocycles. The molecule has 0 saturated heterocycles. The summed E-state index contributed by atoms with van der Waals surface area (Å²) in [6.45, 7) is 4.14. The first-order chi connectivity index (χ1) is 16.5. The quantitative estimate of drug-likeness (QED) is 0.457. The number of hydrogen-bond donors (Lipinski definition) is 2. The van der Waals surface area contributed by atoms with Crippen LogP contribution in [0, 0.1) is 6.92 Å². The summed E-state index contributed by atoms with van der Waals surface area (Å²) in [5.41, 5.74) is 4.61. The summed E-state index contributed by atoms with van der Waals surface area (Å²) in [6, 6.07) is 16.3. The van der Waals surface area contributed by atoms with E-state index in [9.17, 15) is 9.59 Å². The van der Waals surface area contributed by atoms with Crippen molar-refractivity contribution >= 4 is 23.1 Å². The van der Waals surface area contributed by atoms with Crippen LogP contribution in [0.1, 0.15) is 40.1 Å². The fraction of sp³-hybridized carbons (Fsp3) is 0.192. The molecule has 2 aromatic carbocycles. The molecule has 0 fully saturated rings. The SMILES string of the molecule is Cc1cccn2cc(COc3ccccc3C(=O)NC(C)c3ccc4c(c3)NC(=O)CO4)nc12. The van der Waals surface area contributed by atoms with E-state index < -0.39 is 0 Å². The smallest absolute Gasteiger partial charge is 0.262 e. The van der Waals surface area contributed by atoms with Gasteiger partial charge in [0.15, 0.2) is 6.61 Å². The molecule has 0 spiro atoms. The number of nitrogens with one attached hydrogen (secondary N) is 2. The summed E-state index contributed by atoms with van der Waals surface area (Å²) in [4.78, 5) is 29.3. The standard InChI is InChI=1S/C26H24N4O4/c1-16-6-5-11-30-13-19(28-25(16)30)14-33-22-8-4-3-7-20(22)26(32)27-17(2)18-9-10-23-21(12-18)29-24(31)15-34-23/h3-13,17H,14-15H2,1-2H3,(H,27,32)(H,29,31). The maximum atomic E-state index is 13.1. The van der Waals surface area contributed by atoms with E-state index in [1.54, 1.807) is 24.3 Å². The average Bonchev–Trinajstić information content (AvgIpc) is 3.27. The number of anilines is 1. The second kappa shape index (κ2) is 8.90. The van der Waals surface area contributed by atoms with Crippen molar-refractivity contribution in [2.45, 2.75) is 26.5 Å². The molecule has 8 heteroatoms. The van der Waals surface area contributed by atoms with E-state index in [4.69, 9.17) is 9.47 Å². The number of aryl methyl sites for hydroxylation is 1. The third kappa shape index (κ3) is 4.30. The Bertz CT molecular complexity index is 1390. The molecule has 0 bridgehead atoms. The Labute approximate surface area is 196 Å². The van der Waals surface area contributed by atoms with Crippen LogP contribution in [0.4, 0.5) is 5.69 Å². The summed E-state index contributed by atoms with van der Waals surface area (Å²) in [7, 11) is 0. The summed E-state index contributed by atoms with van der Waals surface area (Å²) in [6.07, 6.45) is 3.87. The number of para-hydroxylation sites is 1. The molecule has 1 atom stereocenters. The van der Waals surface area contributed by atoms with Gasteiger partial charge in [0.25, 0.3) is 11.8 Å². The van der Waals surface area contributed by atoms with Crippen molar-refractivity contribution in [3.63, 3.8) is 0 Å². The van der Waals surface area contributed by atoms with Gasteiger partial charge >= 0.3 is 0 Å². The van der Waals surface area contributed by atoms with Gasteiger partial charge in [-0.15, -0.1) is 0 Å². The number of amides is 2. The Morgan fingerprint density at radius 2 is 2.09 bits per heavy atom. The summed E-state index contributed by atoms with van der Waals surface area (Å²) in [5, 5.41) is 5.80. The Kier molecular flexibility index (Phi) is 5.63. The minimum absolute atomic E-state index is 0.00395. The van der Waals surface area contributed by atoms with Gasteiger partial charge < -0.3 is 24.5 Å². The molecule has 34 heavy (non-hydrogen) atoms. The predicted molar refractivity (Wildman–Crippen MR) is 127 cm³/mol. The van der Waals surface area contributed by atoms with Gasteiger partial charge in [-0.3, -0.25) is 9.59 Å². The first-order valence-electron chi connectivity index (χ1n) is 11.0. The zero-order valence-corrected chi connectivity index (χ0v) is 18.9. The van der Waals surface area contributed by atoms with Gasteiger partial charge in [0.2, 0.25) is 0 Å². The summed E-state index contributed by atoms with van der Waals surface area (Å²) >= 11 is 0. The molecule has 2 amide bonds. The normalized spacial score (nSPS) is 13.5. The zero-order chi connectivity index (χ0) is 23.7. The van der Waals surface area contributed by atoms with Crippen molar-refractivity contribution < 1.29 is 19.1 Å². The summed E-state index contributed by atoms with van der Waals surface area (Å²) < 4.78 is 13.3. The van der Waals surface area contributed by atoms with E-state index in [1.807, 2.05) is 61.0 Å². The molecule has 1 unspecified atom stereocenters. The molecule has 8 nitrogen and oxygen atoms in total. The van der Waals surface area contributed by atoms with Gasteiger partial charge in [0.05, 0.1) is 23.0 Å². The lowest BCUT2D eigenvalue weighted by Gasteiger charge is -2.21. The predicted octanol–water partition coefficient (Wildman–Crippen LogP) is 4.04. The molecule has 3 heterocycles. The van der Waals surface area contributed by atoms with Gasteiger partial charge in [0.1, 0.15) is 23.8 Å². The molecule has 2 aromatic heterocycles. The average molecular weight is 457 g/mol. The van der Waals surface area contributed by atoms with Gasteiger partial charge in [-0.05, 0) is 55.3 Å². The van der Waals surface area contributed by atoms with Crippen LogP contribution in [-0.2, 0) is 11.4 Å². The van der Waals surface area contributed by atoms with Crippen LogP contribution in [0.15, 0.2) is 67.0 Å². The number of aromatic nitrogens is 2. The van der Waals surface area contributed by atoms with Crippen molar-refractivity contribution in [3.05, 3.63) is 89.4 Å². The highest BCUT2D eigenvalue weighted by molar-refractivity contribution is 5.97. The molecule has 5 rings (SSSR count). The number of rotatable bonds is 6. The molecule has 1 aliphatic rings. The van der Waals surface area contributed by atoms with E-state index in [1.165, 1.54) is 0 Å². The Balaban J connectivity index is 1.29. The Hall–Kier alpha value is -4.33. The first-order valence-corrected chi connectivity index (χ1v) is 11.0. The molecular weight excluding hydrogens is 432 g/mol. The van der Waals surface area contributed by atoms with Gasteiger partial charge in [-0.1, -0.05) is 24.3 Å². The lowest BCUT2D eigenvalue weighted by Crippen LogP contribution is -2.28. The monoisotopic (exact) mass is 456 g/mol. The second-order valence-electron chi connectivity index (χ2n) is 8.23. The van der Waals surface area contributed by atoms with Crippen LogP contribution < -0.4 is 20.1 Å². The minimum Gasteiger partial charge on any atom is -0.486 e. The third-order valence-electron chi connectivity index (χ3n) is 5.72. The van der Waals surface area contributed by atoms with Crippen molar-refractivity contribution in [3.8, 4) is 11.5 Å². The maximum absolute atomic E-state index is 13.1. The molecule has 0 radical (unpaired) electrons. The fourth-order valence-electron chi connectivity index (χ4n) is 3.93. The zero-order valence-electron chi connectivity index (χ0n) is 18.9. The van der Waals surface area contributed by atoms with Crippen molar-refractivity contribution in [1.82, 2.24) is 14.7 Å². The van der Waals surface area contributed by atoms with Gasteiger partial charge in [-0.2, -0.15) is 0 Å². The van der Waals surface area contributed by atoms with Crippen LogP contribution >= 0.6 is 0 Å². The highest BCUT2D eigenvalue weighted by Gasteiger charge is 2.20. The number of imidazole rings is 1. The molecular formula is C26H24N4O4. The van der Waals surface area contributed by atoms with E-state index in [2.05, 4.69) is 15.6 Å². The lowest BCUT2D eigenvalue weighted by atomic mass is 10.1. The van der Waals surface area contributed by atoms with Crippen LogP contribution in [-0.4, -0.2) is 27.8 Å². The number of benzene rings is 2. The number of carbonyl (C=O) groups is 2.